The van der Waals surface area contributed by atoms with Crippen molar-refractivity contribution in [2.24, 2.45) is 0 Å². The topological polar surface area (TPSA) is 60.9 Å². The molecule has 25 heavy (non-hydrogen) atoms. The molecule has 0 saturated carbocycles. The van der Waals surface area contributed by atoms with Crippen molar-refractivity contribution >= 4 is 0 Å². The van der Waals surface area contributed by atoms with Crippen LogP contribution in [0.1, 0.15) is 54.1 Å². The number of benzene rings is 1. The number of piperidine rings is 1. The third kappa shape index (κ3) is 3.57. The fourth-order valence-corrected chi connectivity index (χ4v) is 3.51. The van der Waals surface area contributed by atoms with Crippen molar-refractivity contribution < 1.29 is 18.3 Å². The second-order valence-electron chi connectivity index (χ2n) is 6.97. The Labute approximate surface area is 144 Å². The van der Waals surface area contributed by atoms with Crippen LogP contribution in [0.15, 0.2) is 24.3 Å². The maximum atomic E-state index is 12.8. The van der Waals surface area contributed by atoms with Gasteiger partial charge in [0.15, 0.2) is 0 Å². The van der Waals surface area contributed by atoms with Gasteiger partial charge in [-0.3, -0.25) is 0 Å². The molecule has 4 nitrogen and oxygen atoms in total. The predicted octanol–water partition coefficient (Wildman–Crippen LogP) is 3.75. The van der Waals surface area contributed by atoms with Crippen LogP contribution in [0.25, 0.3) is 0 Å². The van der Waals surface area contributed by atoms with E-state index in [0.717, 1.165) is 29.3 Å². The number of alkyl halides is 3. The van der Waals surface area contributed by atoms with Crippen molar-refractivity contribution in [1.29, 1.82) is 0 Å². The second kappa shape index (κ2) is 6.14. The summed E-state index contributed by atoms with van der Waals surface area (Å²) in [6, 6.07) is 4.60. The second-order valence-corrected chi connectivity index (χ2v) is 6.97. The third-order valence-electron chi connectivity index (χ3n) is 4.90. The SMILES string of the molecule is Cc1nc([C@@H]2CC(O)(c3ccc(C(F)(F)F)cc3)C[C@H](C)N2)[nH]c1C. The molecular weight excluding hydrogens is 331 g/mol. The lowest BCUT2D eigenvalue weighted by molar-refractivity contribution is -0.137. The van der Waals surface area contributed by atoms with Crippen LogP contribution in [-0.4, -0.2) is 21.1 Å². The molecule has 0 bridgehead atoms. The summed E-state index contributed by atoms with van der Waals surface area (Å²) in [6.45, 7) is 5.79. The van der Waals surface area contributed by atoms with Crippen LogP contribution in [0.2, 0.25) is 0 Å². The molecule has 1 aliphatic rings. The van der Waals surface area contributed by atoms with E-state index in [4.69, 9.17) is 0 Å². The normalized spacial score (nSPS) is 27.5. The van der Waals surface area contributed by atoms with Gasteiger partial charge in [0.2, 0.25) is 0 Å². The van der Waals surface area contributed by atoms with Crippen molar-refractivity contribution in [2.45, 2.75) is 57.5 Å². The molecule has 7 heteroatoms. The van der Waals surface area contributed by atoms with Gasteiger partial charge in [0, 0.05) is 18.2 Å². The molecule has 0 aliphatic carbocycles. The average molecular weight is 353 g/mol. The number of aryl methyl sites for hydroxylation is 2. The molecule has 3 atom stereocenters. The van der Waals surface area contributed by atoms with Gasteiger partial charge in [-0.2, -0.15) is 13.2 Å². The van der Waals surface area contributed by atoms with E-state index >= 15 is 0 Å². The molecular formula is C18H22F3N3O. The highest BCUT2D eigenvalue weighted by Crippen LogP contribution is 2.40. The van der Waals surface area contributed by atoms with E-state index in [1.54, 1.807) is 0 Å². The van der Waals surface area contributed by atoms with Gasteiger partial charge in [0.1, 0.15) is 5.82 Å². The zero-order valence-corrected chi connectivity index (χ0v) is 14.4. The number of hydrogen-bond donors (Lipinski definition) is 3. The van der Waals surface area contributed by atoms with E-state index < -0.39 is 17.3 Å². The fourth-order valence-electron chi connectivity index (χ4n) is 3.51. The van der Waals surface area contributed by atoms with Crippen LogP contribution in [0, 0.1) is 13.8 Å². The van der Waals surface area contributed by atoms with E-state index in [0.29, 0.717) is 18.4 Å². The standard InChI is InChI=1S/C18H22F3N3O/c1-10-8-17(25,13-4-6-14(7-5-13)18(19,20)21)9-15(22-10)16-23-11(2)12(3)24-16/h4-7,10,15,22,25H,8-9H2,1-3H3,(H,23,24)/t10-,15-,17?/m0/s1. The Morgan fingerprint density at radius 3 is 2.32 bits per heavy atom. The van der Waals surface area contributed by atoms with Crippen LogP contribution < -0.4 is 5.32 Å². The van der Waals surface area contributed by atoms with Gasteiger partial charge in [0.05, 0.1) is 22.9 Å². The summed E-state index contributed by atoms with van der Waals surface area (Å²) in [5.41, 5.74) is 0.448. The Kier molecular flexibility index (Phi) is 4.41. The minimum absolute atomic E-state index is 0.00300. The van der Waals surface area contributed by atoms with Gasteiger partial charge in [-0.1, -0.05) is 12.1 Å². The molecule has 3 rings (SSSR count). The van der Waals surface area contributed by atoms with Crippen molar-refractivity contribution in [3.05, 3.63) is 52.6 Å². The number of halogens is 3. The highest BCUT2D eigenvalue weighted by Gasteiger charge is 2.41. The van der Waals surface area contributed by atoms with Crippen molar-refractivity contribution in [3.63, 3.8) is 0 Å². The number of aromatic nitrogens is 2. The minimum Gasteiger partial charge on any atom is -0.385 e. The summed E-state index contributed by atoms with van der Waals surface area (Å²) in [7, 11) is 0. The summed E-state index contributed by atoms with van der Waals surface area (Å²) in [6.07, 6.45) is -3.61. The Morgan fingerprint density at radius 2 is 1.80 bits per heavy atom. The van der Waals surface area contributed by atoms with E-state index in [2.05, 4.69) is 15.3 Å². The van der Waals surface area contributed by atoms with Crippen LogP contribution in [-0.2, 0) is 11.8 Å². The van der Waals surface area contributed by atoms with E-state index in [1.807, 2.05) is 20.8 Å². The molecule has 1 saturated heterocycles. The van der Waals surface area contributed by atoms with Crippen molar-refractivity contribution in [3.8, 4) is 0 Å². The van der Waals surface area contributed by atoms with Crippen LogP contribution in [0.4, 0.5) is 13.2 Å². The molecule has 136 valence electrons. The lowest BCUT2D eigenvalue weighted by atomic mass is 9.78. The number of imidazole rings is 1. The van der Waals surface area contributed by atoms with Crippen LogP contribution >= 0.6 is 0 Å². The molecule has 1 unspecified atom stereocenters. The van der Waals surface area contributed by atoms with Gasteiger partial charge in [-0.25, -0.2) is 4.98 Å². The van der Waals surface area contributed by atoms with Crippen molar-refractivity contribution in [1.82, 2.24) is 15.3 Å². The molecule has 2 heterocycles. The smallest absolute Gasteiger partial charge is 0.385 e. The molecule has 0 amide bonds. The zero-order chi connectivity index (χ0) is 18.4. The maximum absolute atomic E-state index is 12.8. The predicted molar refractivity (Wildman–Crippen MR) is 88.0 cm³/mol. The van der Waals surface area contributed by atoms with Gasteiger partial charge in [-0.15, -0.1) is 0 Å². The maximum Gasteiger partial charge on any atom is 0.416 e. The summed E-state index contributed by atoms with van der Waals surface area (Å²) >= 11 is 0. The number of rotatable bonds is 2. The molecule has 3 N–H and O–H groups in total. The Bertz CT molecular complexity index is 734. The van der Waals surface area contributed by atoms with Crippen molar-refractivity contribution in [2.75, 3.05) is 0 Å². The molecule has 1 aromatic heterocycles. The van der Waals surface area contributed by atoms with E-state index in [9.17, 15) is 18.3 Å². The largest absolute Gasteiger partial charge is 0.416 e. The first-order valence-corrected chi connectivity index (χ1v) is 8.28. The van der Waals surface area contributed by atoms with Crippen LogP contribution in [0.3, 0.4) is 0 Å². The monoisotopic (exact) mass is 353 g/mol. The molecule has 1 aliphatic heterocycles. The van der Waals surface area contributed by atoms with Gasteiger partial charge in [0.25, 0.3) is 0 Å². The summed E-state index contributed by atoms with van der Waals surface area (Å²) in [4.78, 5) is 7.72. The first-order valence-electron chi connectivity index (χ1n) is 8.28. The number of nitrogens with zero attached hydrogens (tertiary/aromatic N) is 1. The highest BCUT2D eigenvalue weighted by molar-refractivity contribution is 5.30. The molecule has 0 radical (unpaired) electrons. The Morgan fingerprint density at radius 1 is 1.16 bits per heavy atom. The number of hydrogen-bond acceptors (Lipinski definition) is 3. The van der Waals surface area contributed by atoms with Gasteiger partial charge >= 0.3 is 6.18 Å². The molecule has 2 aromatic rings. The highest BCUT2D eigenvalue weighted by atomic mass is 19.4. The zero-order valence-electron chi connectivity index (χ0n) is 14.4. The van der Waals surface area contributed by atoms with E-state index in [-0.39, 0.29) is 12.1 Å². The van der Waals surface area contributed by atoms with E-state index in [1.165, 1.54) is 12.1 Å². The summed E-state index contributed by atoms with van der Waals surface area (Å²) in [5.74, 6) is 0.742. The summed E-state index contributed by atoms with van der Waals surface area (Å²) < 4.78 is 38.3. The minimum atomic E-state index is -4.38. The Balaban J connectivity index is 1.89. The fraction of sp³-hybridized carbons (Fsp3) is 0.500. The van der Waals surface area contributed by atoms with Gasteiger partial charge in [-0.05, 0) is 44.9 Å². The third-order valence-corrected chi connectivity index (χ3v) is 4.90. The molecule has 1 fully saturated rings. The lowest BCUT2D eigenvalue weighted by Crippen LogP contribution is -2.47. The summed E-state index contributed by atoms with van der Waals surface area (Å²) in [5, 5.41) is 14.6. The van der Waals surface area contributed by atoms with Gasteiger partial charge < -0.3 is 15.4 Å². The first-order chi connectivity index (χ1) is 11.6. The first kappa shape index (κ1) is 17.9. The Hall–Kier alpha value is -1.86. The number of aliphatic hydroxyl groups is 1. The number of H-pyrrole nitrogens is 1. The quantitative estimate of drug-likeness (QED) is 0.771. The lowest BCUT2D eigenvalue weighted by Gasteiger charge is -2.40. The number of nitrogens with one attached hydrogen (secondary N) is 2. The molecule has 1 aromatic carbocycles. The average Bonchev–Trinajstić information content (AvgIpc) is 2.85. The number of aromatic amines is 1. The molecule has 0 spiro atoms. The van der Waals surface area contributed by atoms with Crippen LogP contribution in [0.5, 0.6) is 0 Å².